The zero-order chi connectivity index (χ0) is 14.8. The monoisotopic (exact) mass is 318 g/mol. The summed E-state index contributed by atoms with van der Waals surface area (Å²) >= 11 is 5.83. The van der Waals surface area contributed by atoms with Gasteiger partial charge in [0.25, 0.3) is 0 Å². The number of hydrogen-bond donors (Lipinski definition) is 0. The highest BCUT2D eigenvalue weighted by Crippen LogP contribution is 2.49. The highest BCUT2D eigenvalue weighted by Gasteiger charge is 2.25. The highest BCUT2D eigenvalue weighted by atomic mass is 35.5. The van der Waals surface area contributed by atoms with E-state index in [9.17, 15) is 4.57 Å². The second-order valence-electron chi connectivity index (χ2n) is 4.77. The second kappa shape index (κ2) is 9.44. The van der Waals surface area contributed by atoms with E-state index in [1.54, 1.807) is 24.3 Å². The average molecular weight is 319 g/mol. The van der Waals surface area contributed by atoms with Gasteiger partial charge in [0.1, 0.15) is 5.75 Å². The average Bonchev–Trinajstić information content (AvgIpc) is 2.44. The third-order valence-corrected chi connectivity index (χ3v) is 5.06. The van der Waals surface area contributed by atoms with Gasteiger partial charge in [0, 0.05) is 5.02 Å². The van der Waals surface area contributed by atoms with E-state index in [0.29, 0.717) is 23.5 Å². The molecule has 0 saturated carbocycles. The van der Waals surface area contributed by atoms with Crippen LogP contribution in [-0.4, -0.2) is 12.8 Å². The molecule has 0 aliphatic rings. The Hall–Kier alpha value is -0.500. The summed E-state index contributed by atoms with van der Waals surface area (Å²) in [5.41, 5.74) is 0. The summed E-state index contributed by atoms with van der Waals surface area (Å²) in [5, 5.41) is 0.629. The van der Waals surface area contributed by atoms with Gasteiger partial charge in [-0.1, -0.05) is 44.7 Å². The van der Waals surface area contributed by atoms with Crippen molar-refractivity contribution in [2.24, 2.45) is 0 Å². The first kappa shape index (κ1) is 17.6. The molecule has 0 amide bonds. The molecule has 20 heavy (non-hydrogen) atoms. The fourth-order valence-corrected chi connectivity index (χ4v) is 3.65. The zero-order valence-corrected chi connectivity index (χ0v) is 14.0. The molecule has 0 N–H and O–H groups in total. The van der Waals surface area contributed by atoms with E-state index in [4.69, 9.17) is 20.6 Å². The molecule has 0 saturated heterocycles. The first-order valence-electron chi connectivity index (χ1n) is 7.28. The Kier molecular flexibility index (Phi) is 8.28. The van der Waals surface area contributed by atoms with E-state index in [2.05, 4.69) is 13.8 Å². The fourth-order valence-electron chi connectivity index (χ4n) is 1.70. The van der Waals surface area contributed by atoms with Gasteiger partial charge >= 0.3 is 7.60 Å². The van der Waals surface area contributed by atoms with Gasteiger partial charge < -0.3 is 4.52 Å². The maximum atomic E-state index is 12.7. The molecule has 1 aromatic carbocycles. The van der Waals surface area contributed by atoms with Gasteiger partial charge in [-0.3, -0.25) is 4.52 Å². The molecule has 0 fully saturated rings. The molecule has 1 aromatic rings. The third kappa shape index (κ3) is 6.78. The predicted octanol–water partition coefficient (Wildman–Crippen LogP) is 5.92. The predicted molar refractivity (Wildman–Crippen MR) is 84.9 cm³/mol. The van der Waals surface area contributed by atoms with Crippen molar-refractivity contribution in [1.82, 2.24) is 0 Å². The zero-order valence-electron chi connectivity index (χ0n) is 12.3. The molecule has 1 rings (SSSR count). The SMILES string of the molecule is CCCCCOP(=O)(CCCC)Oc1ccc(Cl)cc1. The standard InChI is InChI=1S/C15H24ClO3P/c1-3-5-7-12-18-20(17,13-6-4-2)19-15-10-8-14(16)9-11-15/h8-11H,3-7,12-13H2,1-2H3. The van der Waals surface area contributed by atoms with Crippen molar-refractivity contribution in [3.63, 3.8) is 0 Å². The van der Waals surface area contributed by atoms with Gasteiger partial charge in [-0.15, -0.1) is 0 Å². The lowest BCUT2D eigenvalue weighted by atomic mass is 10.3. The molecular weight excluding hydrogens is 295 g/mol. The van der Waals surface area contributed by atoms with E-state index in [1.807, 2.05) is 0 Å². The van der Waals surface area contributed by atoms with E-state index in [1.165, 1.54) is 0 Å². The Balaban J connectivity index is 2.61. The van der Waals surface area contributed by atoms with Crippen molar-refractivity contribution in [3.8, 4) is 5.75 Å². The van der Waals surface area contributed by atoms with E-state index in [0.717, 1.165) is 32.1 Å². The number of hydrogen-bond acceptors (Lipinski definition) is 3. The maximum Gasteiger partial charge on any atom is 0.379 e. The summed E-state index contributed by atoms with van der Waals surface area (Å²) in [6, 6.07) is 6.88. The van der Waals surface area contributed by atoms with Crippen LogP contribution in [0.1, 0.15) is 46.0 Å². The van der Waals surface area contributed by atoms with Crippen LogP contribution in [0.2, 0.25) is 5.02 Å². The summed E-state index contributed by atoms with van der Waals surface area (Å²) in [4.78, 5) is 0. The smallest absolute Gasteiger partial charge is 0.379 e. The largest absolute Gasteiger partial charge is 0.424 e. The Morgan fingerprint density at radius 1 is 1.05 bits per heavy atom. The first-order valence-corrected chi connectivity index (χ1v) is 9.39. The molecule has 0 heterocycles. The van der Waals surface area contributed by atoms with Crippen LogP contribution in [0.15, 0.2) is 24.3 Å². The van der Waals surface area contributed by atoms with E-state index >= 15 is 0 Å². The third-order valence-electron chi connectivity index (χ3n) is 2.88. The van der Waals surface area contributed by atoms with Crippen LogP contribution in [0, 0.1) is 0 Å². The summed E-state index contributed by atoms with van der Waals surface area (Å²) in [6.45, 7) is 4.67. The van der Waals surface area contributed by atoms with Crippen LogP contribution in [-0.2, 0) is 9.09 Å². The number of benzene rings is 1. The summed E-state index contributed by atoms with van der Waals surface area (Å²) in [7, 11) is -3.06. The van der Waals surface area contributed by atoms with Crippen LogP contribution >= 0.6 is 19.2 Å². The second-order valence-corrected chi connectivity index (χ2v) is 7.32. The minimum atomic E-state index is -3.06. The molecule has 0 bridgehead atoms. The molecule has 1 unspecified atom stereocenters. The van der Waals surface area contributed by atoms with Crippen molar-refractivity contribution in [2.75, 3.05) is 12.8 Å². The Morgan fingerprint density at radius 2 is 1.70 bits per heavy atom. The van der Waals surface area contributed by atoms with Gasteiger partial charge in [-0.25, -0.2) is 4.57 Å². The Bertz CT molecular complexity index is 420. The first-order chi connectivity index (χ1) is 9.59. The molecule has 0 aliphatic carbocycles. The van der Waals surface area contributed by atoms with Crippen molar-refractivity contribution in [3.05, 3.63) is 29.3 Å². The quantitative estimate of drug-likeness (QED) is 0.397. The van der Waals surface area contributed by atoms with Crippen LogP contribution in [0.4, 0.5) is 0 Å². The molecule has 3 nitrogen and oxygen atoms in total. The highest BCUT2D eigenvalue weighted by molar-refractivity contribution is 7.54. The Morgan fingerprint density at radius 3 is 2.30 bits per heavy atom. The molecule has 1 atom stereocenters. The summed E-state index contributed by atoms with van der Waals surface area (Å²) in [6.07, 6.45) is 5.36. The van der Waals surface area contributed by atoms with Gasteiger partial charge in [0.2, 0.25) is 0 Å². The topological polar surface area (TPSA) is 35.5 Å². The van der Waals surface area contributed by atoms with Gasteiger partial charge in [0.05, 0.1) is 12.8 Å². The molecule has 0 aromatic heterocycles. The molecule has 0 aliphatic heterocycles. The maximum absolute atomic E-state index is 12.7. The van der Waals surface area contributed by atoms with Crippen LogP contribution < -0.4 is 4.52 Å². The lowest BCUT2D eigenvalue weighted by Crippen LogP contribution is -2.04. The van der Waals surface area contributed by atoms with Crippen molar-refractivity contribution in [1.29, 1.82) is 0 Å². The van der Waals surface area contributed by atoms with E-state index in [-0.39, 0.29) is 0 Å². The molecule has 5 heteroatoms. The summed E-state index contributed by atoms with van der Waals surface area (Å²) in [5.74, 6) is 0.546. The number of halogens is 1. The number of rotatable bonds is 10. The molecular formula is C15H24ClO3P. The normalized spacial score (nSPS) is 13.9. The number of unbranched alkanes of at least 4 members (excludes halogenated alkanes) is 3. The molecule has 0 radical (unpaired) electrons. The van der Waals surface area contributed by atoms with Crippen molar-refractivity contribution >= 4 is 19.2 Å². The van der Waals surface area contributed by atoms with E-state index < -0.39 is 7.60 Å². The minimum Gasteiger partial charge on any atom is -0.424 e. The van der Waals surface area contributed by atoms with Gasteiger partial charge in [-0.2, -0.15) is 0 Å². The summed E-state index contributed by atoms with van der Waals surface area (Å²) < 4.78 is 23.9. The van der Waals surface area contributed by atoms with Gasteiger partial charge in [0.15, 0.2) is 0 Å². The fraction of sp³-hybridized carbons (Fsp3) is 0.600. The van der Waals surface area contributed by atoms with Gasteiger partial charge in [-0.05, 0) is 37.1 Å². The van der Waals surface area contributed by atoms with Crippen LogP contribution in [0.25, 0.3) is 0 Å². The van der Waals surface area contributed by atoms with Crippen LogP contribution in [0.5, 0.6) is 5.75 Å². The Labute approximate surface area is 127 Å². The van der Waals surface area contributed by atoms with Crippen molar-refractivity contribution in [2.45, 2.75) is 46.0 Å². The van der Waals surface area contributed by atoms with Crippen molar-refractivity contribution < 1.29 is 13.6 Å². The molecule has 114 valence electrons. The van der Waals surface area contributed by atoms with Crippen LogP contribution in [0.3, 0.4) is 0 Å². The molecule has 0 spiro atoms. The lowest BCUT2D eigenvalue weighted by molar-refractivity contribution is 0.258. The lowest BCUT2D eigenvalue weighted by Gasteiger charge is -2.19. The minimum absolute atomic E-state index is 0.457.